The van der Waals surface area contributed by atoms with Crippen molar-refractivity contribution in [3.63, 3.8) is 0 Å². The molecule has 1 heterocycles. The summed E-state index contributed by atoms with van der Waals surface area (Å²) in [5, 5.41) is 13.0. The van der Waals surface area contributed by atoms with Crippen LogP contribution < -0.4 is 5.32 Å². The van der Waals surface area contributed by atoms with Gasteiger partial charge in [-0.1, -0.05) is 30.4 Å². The third kappa shape index (κ3) is 2.79. The van der Waals surface area contributed by atoms with Crippen LogP contribution in [0.2, 0.25) is 0 Å². The third-order valence-corrected chi connectivity index (χ3v) is 5.72. The van der Waals surface area contributed by atoms with Crippen molar-refractivity contribution in [3.05, 3.63) is 76.4 Å². The fraction of sp³-hybridized carbons (Fsp3) is 0.273. The fourth-order valence-electron chi connectivity index (χ4n) is 4.32. The van der Waals surface area contributed by atoms with Crippen molar-refractivity contribution in [3.8, 4) is 0 Å². The van der Waals surface area contributed by atoms with Crippen molar-refractivity contribution in [2.24, 2.45) is 5.92 Å². The number of carbonyl (C=O) groups is 2. The molecule has 0 saturated carbocycles. The van der Waals surface area contributed by atoms with Crippen LogP contribution >= 0.6 is 0 Å². The van der Waals surface area contributed by atoms with E-state index < -0.39 is 5.97 Å². The number of carboxylic acids is 1. The highest BCUT2D eigenvalue weighted by molar-refractivity contribution is 5.92. The number of hydrogen-bond donors (Lipinski definition) is 2. The lowest BCUT2D eigenvalue weighted by Gasteiger charge is -2.38. The first-order valence-electron chi connectivity index (χ1n) is 8.99. The largest absolute Gasteiger partial charge is 0.478 e. The first-order chi connectivity index (χ1) is 13.0. The lowest BCUT2D eigenvalue weighted by molar-refractivity contribution is 0.0599. The molecule has 0 unspecified atom stereocenters. The molecular formula is C22H21NO4. The Morgan fingerprint density at radius 2 is 1.89 bits per heavy atom. The van der Waals surface area contributed by atoms with Gasteiger partial charge in [-0.05, 0) is 54.2 Å². The van der Waals surface area contributed by atoms with Gasteiger partial charge >= 0.3 is 11.9 Å². The summed E-state index contributed by atoms with van der Waals surface area (Å²) in [7, 11) is 1.37. The number of hydrogen-bond acceptors (Lipinski definition) is 4. The zero-order valence-corrected chi connectivity index (χ0v) is 15.2. The van der Waals surface area contributed by atoms with Crippen LogP contribution in [-0.2, 0) is 4.74 Å². The second kappa shape index (κ2) is 6.58. The average molecular weight is 363 g/mol. The van der Waals surface area contributed by atoms with Gasteiger partial charge in [0.05, 0.1) is 24.3 Å². The van der Waals surface area contributed by atoms with Crippen LogP contribution in [-0.4, -0.2) is 24.2 Å². The van der Waals surface area contributed by atoms with Crippen molar-refractivity contribution < 1.29 is 19.4 Å². The summed E-state index contributed by atoms with van der Waals surface area (Å²) in [4.78, 5) is 23.2. The summed E-state index contributed by atoms with van der Waals surface area (Å²) in [6.45, 7) is 1.85. The van der Waals surface area contributed by atoms with E-state index in [0.717, 1.165) is 28.8 Å². The molecule has 138 valence electrons. The highest BCUT2D eigenvalue weighted by Crippen LogP contribution is 2.50. The number of carboxylic acid groups (broad SMARTS) is 1. The topological polar surface area (TPSA) is 75.6 Å². The standard InChI is InChI=1S/C22H21NO4/c1-12-15(21(24)25)10-11-18-16-4-3-5-17(16)20(23-19(12)18)13-6-8-14(9-7-13)22(26)27-2/h3-4,6-11,16-17,20,23H,5H2,1-2H3,(H,24,25)/t16-,17+,20+/m1/s1. The molecule has 2 aromatic rings. The molecule has 0 aromatic heterocycles. The van der Waals surface area contributed by atoms with Gasteiger partial charge in [0.2, 0.25) is 0 Å². The lowest BCUT2D eigenvalue weighted by Crippen LogP contribution is -2.30. The molecule has 0 fully saturated rings. The summed E-state index contributed by atoms with van der Waals surface area (Å²) in [5.74, 6) is -0.657. The molecule has 4 rings (SSSR count). The van der Waals surface area contributed by atoms with Crippen LogP contribution in [0.4, 0.5) is 5.69 Å². The Kier molecular flexibility index (Phi) is 4.22. The zero-order chi connectivity index (χ0) is 19.1. The van der Waals surface area contributed by atoms with Crippen molar-refractivity contribution in [2.75, 3.05) is 12.4 Å². The molecule has 2 aliphatic rings. The van der Waals surface area contributed by atoms with E-state index in [-0.39, 0.29) is 17.9 Å². The molecule has 5 nitrogen and oxygen atoms in total. The van der Waals surface area contributed by atoms with Crippen LogP contribution in [0.15, 0.2) is 48.6 Å². The van der Waals surface area contributed by atoms with E-state index in [0.29, 0.717) is 17.0 Å². The van der Waals surface area contributed by atoms with Crippen LogP contribution in [0.25, 0.3) is 0 Å². The molecule has 3 atom stereocenters. The Morgan fingerprint density at radius 1 is 1.15 bits per heavy atom. The first-order valence-corrected chi connectivity index (χ1v) is 8.99. The van der Waals surface area contributed by atoms with Gasteiger partial charge < -0.3 is 15.2 Å². The zero-order valence-electron chi connectivity index (χ0n) is 15.2. The van der Waals surface area contributed by atoms with Crippen LogP contribution in [0.1, 0.15) is 55.8 Å². The van der Waals surface area contributed by atoms with Gasteiger partial charge in [0, 0.05) is 11.6 Å². The summed E-state index contributed by atoms with van der Waals surface area (Å²) >= 11 is 0. The Bertz CT molecular complexity index is 946. The van der Waals surface area contributed by atoms with Crippen molar-refractivity contribution in [1.82, 2.24) is 0 Å². The lowest BCUT2D eigenvalue weighted by atomic mass is 9.76. The number of anilines is 1. The molecule has 1 aliphatic heterocycles. The van der Waals surface area contributed by atoms with Gasteiger partial charge in [-0.25, -0.2) is 9.59 Å². The molecule has 2 aromatic carbocycles. The van der Waals surface area contributed by atoms with E-state index in [4.69, 9.17) is 4.74 Å². The monoisotopic (exact) mass is 363 g/mol. The maximum atomic E-state index is 11.7. The van der Waals surface area contributed by atoms with Gasteiger partial charge in [-0.15, -0.1) is 0 Å². The first kappa shape index (κ1) is 17.3. The number of carbonyl (C=O) groups excluding carboxylic acids is 1. The maximum absolute atomic E-state index is 11.7. The smallest absolute Gasteiger partial charge is 0.337 e. The van der Waals surface area contributed by atoms with Crippen LogP contribution in [0, 0.1) is 12.8 Å². The molecule has 0 saturated heterocycles. The van der Waals surface area contributed by atoms with E-state index in [1.54, 1.807) is 18.2 Å². The quantitative estimate of drug-likeness (QED) is 0.628. The number of benzene rings is 2. The molecule has 0 amide bonds. The minimum atomic E-state index is -0.917. The third-order valence-electron chi connectivity index (χ3n) is 5.72. The predicted octanol–water partition coefficient (Wildman–Crippen LogP) is 4.31. The van der Waals surface area contributed by atoms with Crippen molar-refractivity contribution in [2.45, 2.75) is 25.3 Å². The van der Waals surface area contributed by atoms with E-state index in [1.807, 2.05) is 25.1 Å². The summed E-state index contributed by atoms with van der Waals surface area (Å²) < 4.78 is 4.77. The summed E-state index contributed by atoms with van der Waals surface area (Å²) in [6, 6.07) is 11.1. The highest BCUT2D eigenvalue weighted by Gasteiger charge is 2.39. The van der Waals surface area contributed by atoms with E-state index in [9.17, 15) is 14.7 Å². The molecule has 27 heavy (non-hydrogen) atoms. The molecule has 1 aliphatic carbocycles. The molecular weight excluding hydrogens is 342 g/mol. The minimum absolute atomic E-state index is 0.0481. The molecule has 0 radical (unpaired) electrons. The number of ether oxygens (including phenoxy) is 1. The highest BCUT2D eigenvalue weighted by atomic mass is 16.5. The molecule has 0 spiro atoms. The normalized spacial score (nSPS) is 22.5. The number of nitrogens with one attached hydrogen (secondary N) is 1. The Balaban J connectivity index is 1.75. The van der Waals surface area contributed by atoms with E-state index in [2.05, 4.69) is 17.5 Å². The number of fused-ring (bicyclic) bond motifs is 3. The van der Waals surface area contributed by atoms with Gasteiger partial charge in [0.1, 0.15) is 0 Å². The fourth-order valence-corrected chi connectivity index (χ4v) is 4.32. The van der Waals surface area contributed by atoms with Crippen LogP contribution in [0.5, 0.6) is 0 Å². The van der Waals surface area contributed by atoms with Gasteiger partial charge in [0.15, 0.2) is 0 Å². The predicted molar refractivity (Wildman–Crippen MR) is 102 cm³/mol. The van der Waals surface area contributed by atoms with Gasteiger partial charge in [-0.3, -0.25) is 0 Å². The van der Waals surface area contributed by atoms with Crippen LogP contribution in [0.3, 0.4) is 0 Å². The molecule has 2 N–H and O–H groups in total. The van der Waals surface area contributed by atoms with Gasteiger partial charge in [-0.2, -0.15) is 0 Å². The minimum Gasteiger partial charge on any atom is -0.478 e. The Hall–Kier alpha value is -3.08. The van der Waals surface area contributed by atoms with Crippen molar-refractivity contribution in [1.29, 1.82) is 0 Å². The summed E-state index contributed by atoms with van der Waals surface area (Å²) in [5.41, 5.74) is 4.73. The van der Waals surface area contributed by atoms with E-state index in [1.165, 1.54) is 7.11 Å². The average Bonchev–Trinajstić information content (AvgIpc) is 3.17. The van der Waals surface area contributed by atoms with Gasteiger partial charge in [0.25, 0.3) is 0 Å². The second-order valence-corrected chi connectivity index (χ2v) is 7.10. The number of methoxy groups -OCH3 is 1. The maximum Gasteiger partial charge on any atom is 0.337 e. The summed E-state index contributed by atoms with van der Waals surface area (Å²) in [6.07, 6.45) is 5.38. The number of allylic oxidation sites excluding steroid dienone is 2. The second-order valence-electron chi connectivity index (χ2n) is 7.10. The molecule has 5 heteroatoms. The van der Waals surface area contributed by atoms with E-state index >= 15 is 0 Å². The van der Waals surface area contributed by atoms with Crippen molar-refractivity contribution >= 4 is 17.6 Å². The SMILES string of the molecule is COC(=O)c1ccc([C@@H]2Nc3c(ccc(C(=O)O)c3C)[C@@H]3C=CC[C@@H]32)cc1. The molecule has 0 bridgehead atoms. The number of rotatable bonds is 3. The number of esters is 1. The Labute approximate surface area is 157 Å². The number of aromatic carboxylic acids is 1. The Morgan fingerprint density at radius 3 is 2.56 bits per heavy atom.